The summed E-state index contributed by atoms with van der Waals surface area (Å²) in [5.41, 5.74) is 0. The zero-order chi connectivity index (χ0) is 11.3. The molecule has 0 saturated carbocycles. The number of rotatable bonds is 3. The lowest BCUT2D eigenvalue weighted by molar-refractivity contribution is 0.325. The van der Waals surface area contributed by atoms with Crippen LogP contribution in [0, 0.1) is 0 Å². The highest BCUT2D eigenvalue weighted by atomic mass is 32.2. The van der Waals surface area contributed by atoms with Crippen LogP contribution in [0.2, 0.25) is 0 Å². The normalized spacial score (nSPS) is 12.5. The molecule has 0 fully saturated rings. The Balaban J connectivity index is 3.00. The molecule has 0 aliphatic heterocycles. The lowest BCUT2D eigenvalue weighted by atomic mass is 10.4. The summed E-state index contributed by atoms with van der Waals surface area (Å²) >= 11 is 0. The maximum Gasteiger partial charge on any atom is 0.285 e. The lowest BCUT2D eigenvalue weighted by Gasteiger charge is -2.02. The summed E-state index contributed by atoms with van der Waals surface area (Å²) in [7, 11) is -3.62. The van der Waals surface area contributed by atoms with Crippen molar-refractivity contribution in [2.24, 2.45) is 4.40 Å². The largest absolute Gasteiger partial charge is 0.481 e. The molecule has 0 aliphatic carbocycles. The zero-order valence-electron chi connectivity index (χ0n) is 8.67. The Morgan fingerprint density at radius 1 is 1.33 bits per heavy atom. The Morgan fingerprint density at radius 2 is 1.93 bits per heavy atom. The van der Waals surface area contributed by atoms with E-state index in [0.29, 0.717) is 6.61 Å². The van der Waals surface area contributed by atoms with E-state index in [-0.39, 0.29) is 10.8 Å². The van der Waals surface area contributed by atoms with Crippen molar-refractivity contribution in [3.8, 4) is 0 Å². The summed E-state index contributed by atoms with van der Waals surface area (Å²) in [6.07, 6.45) is 0. The molecule has 82 valence electrons. The second kappa shape index (κ2) is 4.93. The van der Waals surface area contributed by atoms with Crippen LogP contribution in [0.25, 0.3) is 0 Å². The molecular weight excluding hydrogens is 214 g/mol. The minimum absolute atomic E-state index is 0.154. The monoisotopic (exact) mass is 227 g/mol. The van der Waals surface area contributed by atoms with Gasteiger partial charge in [-0.25, -0.2) is 0 Å². The van der Waals surface area contributed by atoms with Gasteiger partial charge in [0.2, 0.25) is 0 Å². The maximum absolute atomic E-state index is 11.6. The smallest absolute Gasteiger partial charge is 0.285 e. The minimum Gasteiger partial charge on any atom is -0.481 e. The molecule has 0 bridgehead atoms. The zero-order valence-corrected chi connectivity index (χ0v) is 9.49. The quantitative estimate of drug-likeness (QED) is 0.584. The van der Waals surface area contributed by atoms with Crippen molar-refractivity contribution in [1.29, 1.82) is 0 Å². The summed E-state index contributed by atoms with van der Waals surface area (Å²) in [4.78, 5) is 0.170. The fourth-order valence-electron chi connectivity index (χ4n) is 1.05. The molecule has 1 aromatic rings. The van der Waals surface area contributed by atoms with Gasteiger partial charge in [-0.1, -0.05) is 18.2 Å². The van der Waals surface area contributed by atoms with Crippen LogP contribution in [0.15, 0.2) is 39.6 Å². The first kappa shape index (κ1) is 11.7. The molecule has 0 amide bonds. The first-order valence-corrected chi connectivity index (χ1v) is 5.99. The van der Waals surface area contributed by atoms with E-state index in [1.54, 1.807) is 25.1 Å². The van der Waals surface area contributed by atoms with E-state index in [1.807, 2.05) is 0 Å². The van der Waals surface area contributed by atoms with Crippen molar-refractivity contribution < 1.29 is 13.2 Å². The molecule has 0 aliphatic rings. The molecule has 0 atom stereocenters. The van der Waals surface area contributed by atoms with Crippen LogP contribution in [0.3, 0.4) is 0 Å². The molecule has 0 heterocycles. The Bertz CT molecular complexity index is 437. The topological polar surface area (TPSA) is 55.7 Å². The van der Waals surface area contributed by atoms with Crippen molar-refractivity contribution in [3.05, 3.63) is 30.3 Å². The summed E-state index contributed by atoms with van der Waals surface area (Å²) in [6, 6.07) is 8.05. The number of sulfonamides is 1. The molecule has 1 rings (SSSR count). The fraction of sp³-hybridized carbons (Fsp3) is 0.300. The minimum atomic E-state index is -3.62. The van der Waals surface area contributed by atoms with Crippen LogP contribution in [-0.2, 0) is 14.8 Å². The van der Waals surface area contributed by atoms with Crippen molar-refractivity contribution in [1.82, 2.24) is 0 Å². The average molecular weight is 227 g/mol. The number of hydrogen-bond donors (Lipinski definition) is 0. The molecule has 0 unspecified atom stereocenters. The SMILES string of the molecule is CCOC(C)=NS(=O)(=O)c1ccccc1. The molecule has 0 aromatic heterocycles. The van der Waals surface area contributed by atoms with Gasteiger partial charge in [0.15, 0.2) is 5.90 Å². The standard InChI is InChI=1S/C10H13NO3S/c1-3-14-9(2)11-15(12,13)10-7-5-4-6-8-10/h4-8H,3H2,1-2H3. The van der Waals surface area contributed by atoms with Crippen LogP contribution in [0.1, 0.15) is 13.8 Å². The number of benzene rings is 1. The summed E-state index contributed by atoms with van der Waals surface area (Å²) < 4.78 is 31.8. The van der Waals surface area contributed by atoms with Crippen LogP contribution < -0.4 is 0 Å². The third-order valence-electron chi connectivity index (χ3n) is 1.64. The summed E-state index contributed by atoms with van der Waals surface area (Å²) in [5.74, 6) is 0.154. The van der Waals surface area contributed by atoms with Gasteiger partial charge in [-0.3, -0.25) is 0 Å². The van der Waals surface area contributed by atoms with E-state index in [9.17, 15) is 8.42 Å². The second-order valence-corrected chi connectivity index (χ2v) is 4.44. The van der Waals surface area contributed by atoms with Gasteiger partial charge in [-0.05, 0) is 19.1 Å². The first-order valence-electron chi connectivity index (χ1n) is 4.55. The molecule has 0 N–H and O–H groups in total. The molecule has 0 radical (unpaired) electrons. The van der Waals surface area contributed by atoms with Gasteiger partial charge in [0, 0.05) is 6.92 Å². The third-order valence-corrected chi connectivity index (χ3v) is 3.01. The van der Waals surface area contributed by atoms with Crippen molar-refractivity contribution in [2.75, 3.05) is 6.61 Å². The molecule has 1 aromatic carbocycles. The predicted molar refractivity (Wildman–Crippen MR) is 58.4 cm³/mol. The molecular formula is C10H13NO3S. The highest BCUT2D eigenvalue weighted by Gasteiger charge is 2.12. The van der Waals surface area contributed by atoms with Gasteiger partial charge in [0.05, 0.1) is 11.5 Å². The average Bonchev–Trinajstić information content (AvgIpc) is 2.18. The lowest BCUT2D eigenvalue weighted by Crippen LogP contribution is -2.05. The van der Waals surface area contributed by atoms with Crippen molar-refractivity contribution >= 4 is 15.9 Å². The van der Waals surface area contributed by atoms with E-state index in [2.05, 4.69) is 4.40 Å². The van der Waals surface area contributed by atoms with E-state index < -0.39 is 10.0 Å². The van der Waals surface area contributed by atoms with Crippen LogP contribution in [0.5, 0.6) is 0 Å². The highest BCUT2D eigenvalue weighted by molar-refractivity contribution is 7.90. The van der Waals surface area contributed by atoms with E-state index in [1.165, 1.54) is 19.1 Å². The Kier molecular flexibility index (Phi) is 3.85. The van der Waals surface area contributed by atoms with Gasteiger partial charge in [0.25, 0.3) is 10.0 Å². The van der Waals surface area contributed by atoms with E-state index in [0.717, 1.165) is 0 Å². The van der Waals surface area contributed by atoms with Crippen molar-refractivity contribution in [3.63, 3.8) is 0 Å². The number of ether oxygens (including phenoxy) is 1. The molecule has 4 nitrogen and oxygen atoms in total. The number of hydrogen-bond acceptors (Lipinski definition) is 3. The number of nitrogens with zero attached hydrogens (tertiary/aromatic N) is 1. The van der Waals surface area contributed by atoms with Gasteiger partial charge in [-0.2, -0.15) is 8.42 Å². The molecule has 0 spiro atoms. The van der Waals surface area contributed by atoms with Gasteiger partial charge < -0.3 is 4.74 Å². The molecule has 0 saturated heterocycles. The summed E-state index contributed by atoms with van der Waals surface area (Å²) in [6.45, 7) is 3.69. The molecule has 5 heteroatoms. The first-order chi connectivity index (χ1) is 7.06. The van der Waals surface area contributed by atoms with Crippen molar-refractivity contribution in [2.45, 2.75) is 18.7 Å². The Hall–Kier alpha value is -1.36. The van der Waals surface area contributed by atoms with Gasteiger partial charge >= 0.3 is 0 Å². The predicted octanol–water partition coefficient (Wildman–Crippen LogP) is 1.83. The van der Waals surface area contributed by atoms with E-state index >= 15 is 0 Å². The van der Waals surface area contributed by atoms with Crippen LogP contribution >= 0.6 is 0 Å². The maximum atomic E-state index is 11.6. The fourth-order valence-corrected chi connectivity index (χ4v) is 2.05. The third kappa shape index (κ3) is 3.36. The Morgan fingerprint density at radius 3 is 2.47 bits per heavy atom. The highest BCUT2D eigenvalue weighted by Crippen LogP contribution is 2.11. The second-order valence-electron chi connectivity index (χ2n) is 2.83. The van der Waals surface area contributed by atoms with Gasteiger partial charge in [0.1, 0.15) is 0 Å². The van der Waals surface area contributed by atoms with Crippen LogP contribution in [0.4, 0.5) is 0 Å². The van der Waals surface area contributed by atoms with Gasteiger partial charge in [-0.15, -0.1) is 4.40 Å². The Labute approximate surface area is 89.7 Å². The summed E-state index contributed by atoms with van der Waals surface area (Å²) in [5, 5.41) is 0. The van der Waals surface area contributed by atoms with E-state index in [4.69, 9.17) is 4.74 Å². The molecule has 15 heavy (non-hydrogen) atoms. The van der Waals surface area contributed by atoms with Crippen LogP contribution in [-0.4, -0.2) is 20.9 Å².